The molecule has 1 aromatic heterocycles. The molecule has 3 rings (SSSR count). The van der Waals surface area contributed by atoms with Crippen LogP contribution in [-0.2, 0) is 0 Å². The van der Waals surface area contributed by atoms with Crippen LogP contribution in [-0.4, -0.2) is 58.7 Å². The van der Waals surface area contributed by atoms with Gasteiger partial charge < -0.3 is 11.1 Å². The van der Waals surface area contributed by atoms with E-state index in [0.717, 1.165) is 38.2 Å². The highest BCUT2D eigenvalue weighted by Gasteiger charge is 2.30. The van der Waals surface area contributed by atoms with Crippen LogP contribution in [0.5, 0.6) is 0 Å². The molecule has 1 aromatic rings. The fourth-order valence-electron chi connectivity index (χ4n) is 2.46. The highest BCUT2D eigenvalue weighted by molar-refractivity contribution is 7.99. The van der Waals surface area contributed by atoms with E-state index in [4.69, 9.17) is 5.73 Å². The fraction of sp³-hybridized carbons (Fsp3) is 0.692. The standard InChI is InChI=1S/C13H21N5OS/c14-10-11(9-1-2-9)16-17-12(10)13(19)15-3-4-18-5-7-20-8-6-18/h9H,1-8,14H2,(H,15,19)(H,16,17). The molecule has 1 aliphatic carbocycles. The zero-order valence-electron chi connectivity index (χ0n) is 11.5. The Kier molecular flexibility index (Phi) is 4.16. The van der Waals surface area contributed by atoms with E-state index in [1.165, 1.54) is 11.5 Å². The van der Waals surface area contributed by atoms with E-state index in [1.54, 1.807) is 0 Å². The van der Waals surface area contributed by atoms with Crippen molar-refractivity contribution in [2.75, 3.05) is 43.4 Å². The Hall–Kier alpha value is -1.21. The second-order valence-electron chi connectivity index (χ2n) is 5.38. The van der Waals surface area contributed by atoms with E-state index >= 15 is 0 Å². The molecule has 1 amide bonds. The lowest BCUT2D eigenvalue weighted by Crippen LogP contribution is -2.39. The van der Waals surface area contributed by atoms with Gasteiger partial charge in [0.05, 0.1) is 11.4 Å². The van der Waals surface area contributed by atoms with Crippen molar-refractivity contribution in [3.05, 3.63) is 11.4 Å². The Bertz CT molecular complexity index is 479. The highest BCUT2D eigenvalue weighted by Crippen LogP contribution is 2.42. The Morgan fingerprint density at radius 1 is 1.45 bits per heavy atom. The molecule has 0 spiro atoms. The number of anilines is 1. The lowest BCUT2D eigenvalue weighted by Gasteiger charge is -2.25. The summed E-state index contributed by atoms with van der Waals surface area (Å²) in [5.41, 5.74) is 7.80. The number of nitrogens with zero attached hydrogens (tertiary/aromatic N) is 2. The van der Waals surface area contributed by atoms with Crippen molar-refractivity contribution < 1.29 is 4.79 Å². The van der Waals surface area contributed by atoms with Crippen LogP contribution < -0.4 is 11.1 Å². The van der Waals surface area contributed by atoms with E-state index in [2.05, 4.69) is 20.4 Å². The molecule has 1 saturated carbocycles. The van der Waals surface area contributed by atoms with Crippen molar-refractivity contribution in [1.82, 2.24) is 20.4 Å². The van der Waals surface area contributed by atoms with E-state index in [1.807, 2.05) is 11.8 Å². The van der Waals surface area contributed by atoms with Crippen LogP contribution in [0.1, 0.15) is 34.9 Å². The van der Waals surface area contributed by atoms with Gasteiger partial charge in [0.2, 0.25) is 0 Å². The molecule has 2 aliphatic rings. The predicted molar refractivity (Wildman–Crippen MR) is 81.1 cm³/mol. The molecule has 0 bridgehead atoms. The summed E-state index contributed by atoms with van der Waals surface area (Å²) in [6, 6.07) is 0. The van der Waals surface area contributed by atoms with Gasteiger partial charge in [0, 0.05) is 43.6 Å². The fourth-order valence-corrected chi connectivity index (χ4v) is 3.44. The van der Waals surface area contributed by atoms with Crippen LogP contribution in [0.4, 0.5) is 5.69 Å². The summed E-state index contributed by atoms with van der Waals surface area (Å²) in [6.45, 7) is 3.76. The second-order valence-corrected chi connectivity index (χ2v) is 6.61. The van der Waals surface area contributed by atoms with Crippen LogP contribution in [0, 0.1) is 0 Å². The van der Waals surface area contributed by atoms with Gasteiger partial charge >= 0.3 is 0 Å². The van der Waals surface area contributed by atoms with Crippen molar-refractivity contribution in [3.8, 4) is 0 Å². The molecular weight excluding hydrogens is 274 g/mol. The summed E-state index contributed by atoms with van der Waals surface area (Å²) in [5.74, 6) is 2.68. The maximum atomic E-state index is 12.1. The average molecular weight is 295 g/mol. The van der Waals surface area contributed by atoms with Gasteiger partial charge in [-0.05, 0) is 12.8 Å². The van der Waals surface area contributed by atoms with E-state index in [0.29, 0.717) is 23.8 Å². The summed E-state index contributed by atoms with van der Waals surface area (Å²) in [6.07, 6.45) is 2.28. The monoisotopic (exact) mass is 295 g/mol. The third-order valence-electron chi connectivity index (χ3n) is 3.85. The first-order valence-electron chi connectivity index (χ1n) is 7.17. The Morgan fingerprint density at radius 2 is 2.20 bits per heavy atom. The number of nitrogen functional groups attached to an aromatic ring is 1. The molecule has 1 aliphatic heterocycles. The molecule has 4 N–H and O–H groups in total. The maximum absolute atomic E-state index is 12.1. The van der Waals surface area contributed by atoms with Crippen LogP contribution in [0.25, 0.3) is 0 Å². The number of H-pyrrole nitrogens is 1. The molecule has 7 heteroatoms. The number of hydrogen-bond donors (Lipinski definition) is 3. The quantitative estimate of drug-likeness (QED) is 0.742. The first-order chi connectivity index (χ1) is 9.75. The summed E-state index contributed by atoms with van der Waals surface area (Å²) < 4.78 is 0. The lowest BCUT2D eigenvalue weighted by atomic mass is 10.2. The van der Waals surface area contributed by atoms with Gasteiger partial charge in [-0.3, -0.25) is 14.8 Å². The normalized spacial score (nSPS) is 20.0. The number of aromatic amines is 1. The summed E-state index contributed by atoms with van der Waals surface area (Å²) in [5, 5.41) is 9.88. The molecule has 2 heterocycles. The van der Waals surface area contributed by atoms with Gasteiger partial charge in [-0.25, -0.2) is 0 Å². The molecule has 0 aromatic carbocycles. The molecular formula is C13H21N5OS. The lowest BCUT2D eigenvalue weighted by molar-refractivity contribution is 0.0945. The molecule has 1 saturated heterocycles. The summed E-state index contributed by atoms with van der Waals surface area (Å²) in [4.78, 5) is 14.4. The third kappa shape index (κ3) is 3.09. The number of rotatable bonds is 5. The van der Waals surface area contributed by atoms with Gasteiger partial charge in [0.15, 0.2) is 5.69 Å². The van der Waals surface area contributed by atoms with Crippen LogP contribution in [0.15, 0.2) is 0 Å². The molecule has 0 atom stereocenters. The third-order valence-corrected chi connectivity index (χ3v) is 4.79. The Labute approximate surface area is 122 Å². The first kappa shape index (κ1) is 13.8. The first-order valence-corrected chi connectivity index (χ1v) is 8.33. The highest BCUT2D eigenvalue weighted by atomic mass is 32.2. The van der Waals surface area contributed by atoms with Crippen LogP contribution in [0.3, 0.4) is 0 Å². The molecule has 2 fully saturated rings. The number of aromatic nitrogens is 2. The summed E-state index contributed by atoms with van der Waals surface area (Å²) in [7, 11) is 0. The molecule has 6 nitrogen and oxygen atoms in total. The smallest absolute Gasteiger partial charge is 0.273 e. The van der Waals surface area contributed by atoms with Crippen molar-refractivity contribution in [3.63, 3.8) is 0 Å². The van der Waals surface area contributed by atoms with Gasteiger partial charge in [-0.1, -0.05) is 0 Å². The average Bonchev–Trinajstić information content (AvgIpc) is 3.23. The number of carbonyl (C=O) groups excluding carboxylic acids is 1. The van der Waals surface area contributed by atoms with E-state index < -0.39 is 0 Å². The predicted octanol–water partition coefficient (Wildman–Crippen LogP) is 0.648. The van der Waals surface area contributed by atoms with Gasteiger partial charge in [0.25, 0.3) is 5.91 Å². The molecule has 0 radical (unpaired) electrons. The SMILES string of the molecule is Nc1c(C(=O)NCCN2CCSCC2)n[nH]c1C1CC1. The van der Waals surface area contributed by atoms with E-state index in [-0.39, 0.29) is 5.91 Å². The minimum absolute atomic E-state index is 0.169. The number of carbonyl (C=O) groups is 1. The van der Waals surface area contributed by atoms with Crippen LogP contribution in [0.2, 0.25) is 0 Å². The topological polar surface area (TPSA) is 87.0 Å². The number of thioether (sulfide) groups is 1. The second kappa shape index (κ2) is 6.05. The number of nitrogens with two attached hydrogens (primary N) is 1. The number of amides is 1. The van der Waals surface area contributed by atoms with Crippen molar-refractivity contribution in [1.29, 1.82) is 0 Å². The minimum Gasteiger partial charge on any atom is -0.395 e. The van der Waals surface area contributed by atoms with Gasteiger partial charge in [-0.2, -0.15) is 16.9 Å². The van der Waals surface area contributed by atoms with Crippen LogP contribution >= 0.6 is 11.8 Å². The Morgan fingerprint density at radius 3 is 2.90 bits per heavy atom. The number of hydrogen-bond acceptors (Lipinski definition) is 5. The maximum Gasteiger partial charge on any atom is 0.273 e. The molecule has 110 valence electrons. The Balaban J connectivity index is 1.48. The van der Waals surface area contributed by atoms with Crippen molar-refractivity contribution in [2.24, 2.45) is 0 Å². The van der Waals surface area contributed by atoms with Gasteiger partial charge in [-0.15, -0.1) is 0 Å². The van der Waals surface area contributed by atoms with Gasteiger partial charge in [0.1, 0.15) is 0 Å². The zero-order chi connectivity index (χ0) is 13.9. The molecule has 20 heavy (non-hydrogen) atoms. The molecule has 0 unspecified atom stereocenters. The largest absolute Gasteiger partial charge is 0.395 e. The number of nitrogens with one attached hydrogen (secondary N) is 2. The minimum atomic E-state index is -0.169. The summed E-state index contributed by atoms with van der Waals surface area (Å²) >= 11 is 1.99. The van der Waals surface area contributed by atoms with E-state index in [9.17, 15) is 4.79 Å². The van der Waals surface area contributed by atoms with Crippen molar-refractivity contribution >= 4 is 23.4 Å². The zero-order valence-corrected chi connectivity index (χ0v) is 12.3. The van der Waals surface area contributed by atoms with Crippen molar-refractivity contribution in [2.45, 2.75) is 18.8 Å².